The molecule has 1 unspecified atom stereocenters. The van der Waals surface area contributed by atoms with E-state index >= 15 is 0 Å². The van der Waals surface area contributed by atoms with Crippen LogP contribution in [0.15, 0.2) is 24.3 Å². The summed E-state index contributed by atoms with van der Waals surface area (Å²) in [6.45, 7) is 5.24. The molecule has 5 nitrogen and oxygen atoms in total. The molecule has 1 aliphatic heterocycles. The molecule has 1 fully saturated rings. The highest BCUT2D eigenvalue weighted by molar-refractivity contribution is 5.94. The summed E-state index contributed by atoms with van der Waals surface area (Å²) in [4.78, 5) is 11.8. The molecule has 3 N–H and O–H groups in total. The molecule has 1 saturated heterocycles. The minimum atomic E-state index is -0.499. The van der Waals surface area contributed by atoms with Crippen LogP contribution in [0.3, 0.4) is 0 Å². The summed E-state index contributed by atoms with van der Waals surface area (Å²) < 4.78 is 11.0. The average Bonchev–Trinajstić information content (AvgIpc) is 2.92. The molecule has 110 valence electrons. The zero-order chi connectivity index (χ0) is 14.5. The summed E-state index contributed by atoms with van der Waals surface area (Å²) in [6.07, 6.45) is 1.05. The largest absolute Gasteiger partial charge is 0.488 e. The summed E-state index contributed by atoms with van der Waals surface area (Å²) in [6, 6.07) is 6.82. The second-order valence-electron chi connectivity index (χ2n) is 5.39. The molecule has 1 amide bonds. The van der Waals surface area contributed by atoms with Gasteiger partial charge in [-0.05, 0) is 30.2 Å². The van der Waals surface area contributed by atoms with Gasteiger partial charge in [0.25, 0.3) is 0 Å². The first kappa shape index (κ1) is 14.8. The van der Waals surface area contributed by atoms with Crippen molar-refractivity contribution in [1.29, 1.82) is 0 Å². The van der Waals surface area contributed by atoms with Gasteiger partial charge in [-0.3, -0.25) is 4.79 Å². The maximum atomic E-state index is 11.8. The standard InChI is InChI=1S/C15H22N2O3/c1-10(2)14(16)15(18)17-11-3-5-12(6-4-11)20-13-7-8-19-9-13/h3-6,10,13-14H,7-9,16H2,1-2H3,(H,17,18)/t13?,14-/m0/s1. The number of carbonyl (C=O) groups excluding carboxylic acids is 1. The van der Waals surface area contributed by atoms with Crippen molar-refractivity contribution in [2.45, 2.75) is 32.4 Å². The van der Waals surface area contributed by atoms with Crippen LogP contribution in [0.4, 0.5) is 5.69 Å². The number of nitrogens with one attached hydrogen (secondary N) is 1. The highest BCUT2D eigenvalue weighted by Crippen LogP contribution is 2.19. The quantitative estimate of drug-likeness (QED) is 0.861. The molecule has 0 aliphatic carbocycles. The van der Waals surface area contributed by atoms with E-state index in [9.17, 15) is 4.79 Å². The number of hydrogen-bond acceptors (Lipinski definition) is 4. The van der Waals surface area contributed by atoms with Gasteiger partial charge in [-0.15, -0.1) is 0 Å². The van der Waals surface area contributed by atoms with Crippen molar-refractivity contribution in [2.24, 2.45) is 11.7 Å². The molecule has 5 heteroatoms. The summed E-state index contributed by atoms with van der Waals surface area (Å²) >= 11 is 0. The molecular weight excluding hydrogens is 256 g/mol. The van der Waals surface area contributed by atoms with Crippen molar-refractivity contribution in [3.63, 3.8) is 0 Å². The van der Waals surface area contributed by atoms with Crippen LogP contribution >= 0.6 is 0 Å². The Hall–Kier alpha value is -1.59. The number of amides is 1. The Morgan fingerprint density at radius 3 is 2.65 bits per heavy atom. The minimum absolute atomic E-state index is 0.111. The lowest BCUT2D eigenvalue weighted by atomic mass is 10.1. The van der Waals surface area contributed by atoms with E-state index in [1.807, 2.05) is 38.1 Å². The number of nitrogens with two attached hydrogens (primary N) is 1. The van der Waals surface area contributed by atoms with Gasteiger partial charge in [-0.2, -0.15) is 0 Å². The Morgan fingerprint density at radius 2 is 2.10 bits per heavy atom. The number of ether oxygens (including phenoxy) is 2. The molecule has 0 radical (unpaired) electrons. The SMILES string of the molecule is CC(C)[C@H](N)C(=O)Nc1ccc(OC2CCOC2)cc1. The first-order valence-corrected chi connectivity index (χ1v) is 6.97. The fourth-order valence-corrected chi connectivity index (χ4v) is 1.94. The van der Waals surface area contributed by atoms with Gasteiger partial charge in [0.1, 0.15) is 11.9 Å². The number of rotatable bonds is 5. The minimum Gasteiger partial charge on any atom is -0.488 e. The molecule has 20 heavy (non-hydrogen) atoms. The number of carbonyl (C=O) groups is 1. The highest BCUT2D eigenvalue weighted by Gasteiger charge is 2.18. The Bertz CT molecular complexity index is 439. The van der Waals surface area contributed by atoms with Crippen molar-refractivity contribution in [1.82, 2.24) is 0 Å². The lowest BCUT2D eigenvalue weighted by molar-refractivity contribution is -0.118. The van der Waals surface area contributed by atoms with Crippen LogP contribution in [-0.2, 0) is 9.53 Å². The third-order valence-corrected chi connectivity index (χ3v) is 3.33. The van der Waals surface area contributed by atoms with Crippen LogP contribution in [-0.4, -0.2) is 31.3 Å². The summed E-state index contributed by atoms with van der Waals surface area (Å²) in [7, 11) is 0. The average molecular weight is 278 g/mol. The van der Waals surface area contributed by atoms with E-state index in [-0.39, 0.29) is 17.9 Å². The Morgan fingerprint density at radius 1 is 1.40 bits per heavy atom. The van der Waals surface area contributed by atoms with Gasteiger partial charge in [-0.1, -0.05) is 13.8 Å². The lowest BCUT2D eigenvalue weighted by Gasteiger charge is -2.16. The van der Waals surface area contributed by atoms with Crippen LogP contribution in [0.25, 0.3) is 0 Å². The normalized spacial score (nSPS) is 19.9. The van der Waals surface area contributed by atoms with Gasteiger partial charge in [0.05, 0.1) is 19.3 Å². The van der Waals surface area contributed by atoms with Crippen LogP contribution in [0, 0.1) is 5.92 Å². The van der Waals surface area contributed by atoms with Gasteiger partial charge >= 0.3 is 0 Å². The van der Waals surface area contributed by atoms with Crippen molar-refractivity contribution in [3.8, 4) is 5.75 Å². The molecule has 2 atom stereocenters. The predicted molar refractivity (Wildman–Crippen MR) is 77.7 cm³/mol. The van der Waals surface area contributed by atoms with Crippen LogP contribution in [0.5, 0.6) is 5.75 Å². The van der Waals surface area contributed by atoms with E-state index in [1.165, 1.54) is 0 Å². The van der Waals surface area contributed by atoms with Crippen LogP contribution in [0.2, 0.25) is 0 Å². The van der Waals surface area contributed by atoms with Crippen LogP contribution < -0.4 is 15.8 Å². The Kier molecular flexibility index (Phi) is 4.98. The second-order valence-corrected chi connectivity index (χ2v) is 5.39. The van der Waals surface area contributed by atoms with E-state index in [1.54, 1.807) is 0 Å². The molecule has 0 bridgehead atoms. The number of anilines is 1. The highest BCUT2D eigenvalue weighted by atomic mass is 16.5. The first-order chi connectivity index (χ1) is 9.56. The monoisotopic (exact) mass is 278 g/mol. The molecule has 1 heterocycles. The molecule has 0 spiro atoms. The molecule has 1 aromatic rings. The third kappa shape index (κ3) is 3.95. The molecule has 1 aliphatic rings. The van der Waals surface area contributed by atoms with Gasteiger partial charge in [0, 0.05) is 12.1 Å². The van der Waals surface area contributed by atoms with E-state index in [2.05, 4.69) is 5.32 Å². The lowest BCUT2D eigenvalue weighted by Crippen LogP contribution is -2.39. The van der Waals surface area contributed by atoms with E-state index < -0.39 is 6.04 Å². The fraction of sp³-hybridized carbons (Fsp3) is 0.533. The van der Waals surface area contributed by atoms with E-state index in [4.69, 9.17) is 15.2 Å². The maximum Gasteiger partial charge on any atom is 0.241 e. The number of benzene rings is 1. The van der Waals surface area contributed by atoms with Crippen molar-refractivity contribution < 1.29 is 14.3 Å². The topological polar surface area (TPSA) is 73.6 Å². The van der Waals surface area contributed by atoms with Crippen molar-refractivity contribution in [3.05, 3.63) is 24.3 Å². The summed E-state index contributed by atoms with van der Waals surface area (Å²) in [5, 5.41) is 2.80. The molecular formula is C15H22N2O3. The van der Waals surface area contributed by atoms with E-state index in [0.29, 0.717) is 6.61 Å². The number of hydrogen-bond donors (Lipinski definition) is 2. The molecule has 0 aromatic heterocycles. The fourth-order valence-electron chi connectivity index (χ4n) is 1.94. The van der Waals surface area contributed by atoms with Gasteiger partial charge in [0.15, 0.2) is 0 Å². The maximum absolute atomic E-state index is 11.8. The Balaban J connectivity index is 1.89. The van der Waals surface area contributed by atoms with Gasteiger partial charge in [0.2, 0.25) is 5.91 Å². The van der Waals surface area contributed by atoms with Gasteiger partial charge in [-0.25, -0.2) is 0 Å². The Labute approximate surface area is 119 Å². The van der Waals surface area contributed by atoms with Crippen molar-refractivity contribution >= 4 is 11.6 Å². The predicted octanol–water partition coefficient (Wildman–Crippen LogP) is 1.78. The zero-order valence-electron chi connectivity index (χ0n) is 12.0. The smallest absolute Gasteiger partial charge is 0.241 e. The molecule has 1 aromatic carbocycles. The summed E-state index contributed by atoms with van der Waals surface area (Å²) in [5.74, 6) is 0.726. The van der Waals surface area contributed by atoms with Gasteiger partial charge < -0.3 is 20.5 Å². The second kappa shape index (κ2) is 6.72. The van der Waals surface area contributed by atoms with Crippen LogP contribution in [0.1, 0.15) is 20.3 Å². The first-order valence-electron chi connectivity index (χ1n) is 6.97. The van der Waals surface area contributed by atoms with E-state index in [0.717, 1.165) is 24.5 Å². The zero-order valence-corrected chi connectivity index (χ0v) is 12.0. The third-order valence-electron chi connectivity index (χ3n) is 3.33. The molecule has 0 saturated carbocycles. The summed E-state index contributed by atoms with van der Waals surface area (Å²) in [5.41, 5.74) is 6.52. The van der Waals surface area contributed by atoms with Crippen molar-refractivity contribution in [2.75, 3.05) is 18.5 Å². The molecule has 2 rings (SSSR count).